The molecule has 5 nitrogen and oxygen atoms in total. The van der Waals surface area contributed by atoms with E-state index in [4.69, 9.17) is 4.74 Å². The molecule has 0 aliphatic carbocycles. The molecule has 1 aromatic rings. The number of aryl methyl sites for hydroxylation is 1. The van der Waals surface area contributed by atoms with Crippen molar-refractivity contribution in [3.63, 3.8) is 0 Å². The summed E-state index contributed by atoms with van der Waals surface area (Å²) in [5, 5.41) is 7.35. The van der Waals surface area contributed by atoms with E-state index >= 15 is 0 Å². The Kier molecular flexibility index (Phi) is 6.35. The molecule has 1 unspecified atom stereocenters. The van der Waals surface area contributed by atoms with Crippen molar-refractivity contribution < 1.29 is 4.74 Å². The molecule has 0 spiro atoms. The molecule has 0 aliphatic heterocycles. The van der Waals surface area contributed by atoms with E-state index in [9.17, 15) is 4.79 Å². The average Bonchev–Trinajstić information content (AvgIpc) is 2.34. The fourth-order valence-electron chi connectivity index (χ4n) is 1.59. The van der Waals surface area contributed by atoms with Gasteiger partial charge < -0.3 is 10.1 Å². The van der Waals surface area contributed by atoms with Gasteiger partial charge in [-0.25, -0.2) is 4.68 Å². The van der Waals surface area contributed by atoms with Crippen LogP contribution in [-0.2, 0) is 11.3 Å². The van der Waals surface area contributed by atoms with Crippen molar-refractivity contribution in [1.29, 1.82) is 0 Å². The predicted molar refractivity (Wildman–Crippen MR) is 76.1 cm³/mol. The van der Waals surface area contributed by atoms with Crippen molar-refractivity contribution in [2.45, 2.75) is 39.3 Å². The number of hydrogen-bond acceptors (Lipinski definition) is 4. The summed E-state index contributed by atoms with van der Waals surface area (Å²) in [6.45, 7) is 5.30. The van der Waals surface area contributed by atoms with Crippen LogP contribution in [0.3, 0.4) is 0 Å². The van der Waals surface area contributed by atoms with Gasteiger partial charge in [0.2, 0.25) is 0 Å². The molecule has 0 radical (unpaired) electrons. The van der Waals surface area contributed by atoms with Crippen LogP contribution in [0.2, 0.25) is 0 Å². The van der Waals surface area contributed by atoms with Gasteiger partial charge in [0.25, 0.3) is 5.56 Å². The van der Waals surface area contributed by atoms with Gasteiger partial charge in [-0.2, -0.15) is 5.10 Å². The lowest BCUT2D eigenvalue weighted by Crippen LogP contribution is -2.27. The van der Waals surface area contributed by atoms with Crippen molar-refractivity contribution >= 4 is 21.6 Å². The Balaban J connectivity index is 2.83. The molecule has 0 aromatic carbocycles. The Bertz CT molecular complexity index is 434. The number of nitrogens with one attached hydrogen (secondary N) is 1. The number of ether oxygens (including phenoxy) is 1. The molecule has 102 valence electrons. The first-order chi connectivity index (χ1) is 8.60. The topological polar surface area (TPSA) is 56.1 Å². The maximum atomic E-state index is 12.0. The predicted octanol–water partition coefficient (Wildman–Crippen LogP) is 2.25. The quantitative estimate of drug-likeness (QED) is 0.838. The fourth-order valence-corrected chi connectivity index (χ4v) is 2.01. The Morgan fingerprint density at radius 2 is 2.33 bits per heavy atom. The van der Waals surface area contributed by atoms with Crippen molar-refractivity contribution in [3.05, 3.63) is 21.0 Å². The third kappa shape index (κ3) is 4.10. The molecule has 0 fully saturated rings. The summed E-state index contributed by atoms with van der Waals surface area (Å²) >= 11 is 3.33. The summed E-state index contributed by atoms with van der Waals surface area (Å²) in [6.07, 6.45) is 3.66. The normalized spacial score (nSPS) is 12.4. The summed E-state index contributed by atoms with van der Waals surface area (Å²) in [4.78, 5) is 12.0. The van der Waals surface area contributed by atoms with E-state index in [2.05, 4.69) is 33.3 Å². The van der Waals surface area contributed by atoms with E-state index in [0.717, 1.165) is 12.8 Å². The third-order valence-corrected chi connectivity index (χ3v) is 3.29. The van der Waals surface area contributed by atoms with Gasteiger partial charge in [-0.3, -0.25) is 4.79 Å². The van der Waals surface area contributed by atoms with E-state index in [-0.39, 0.29) is 11.6 Å². The summed E-state index contributed by atoms with van der Waals surface area (Å²) < 4.78 is 7.05. The molecule has 0 aliphatic rings. The van der Waals surface area contributed by atoms with Gasteiger partial charge in [-0.15, -0.1) is 0 Å². The molecule has 18 heavy (non-hydrogen) atoms. The highest BCUT2D eigenvalue weighted by molar-refractivity contribution is 9.10. The van der Waals surface area contributed by atoms with Gasteiger partial charge in [0.15, 0.2) is 0 Å². The second-order valence-corrected chi connectivity index (χ2v) is 5.05. The number of hydrogen-bond donors (Lipinski definition) is 1. The summed E-state index contributed by atoms with van der Waals surface area (Å²) in [5.74, 6) is 0. The highest BCUT2D eigenvalue weighted by Crippen LogP contribution is 2.17. The lowest BCUT2D eigenvalue weighted by molar-refractivity contribution is 0.190. The van der Waals surface area contributed by atoms with Gasteiger partial charge in [-0.05, 0) is 29.3 Å². The van der Waals surface area contributed by atoms with Crippen LogP contribution in [0.5, 0.6) is 0 Å². The Morgan fingerprint density at radius 3 is 2.94 bits per heavy atom. The Morgan fingerprint density at radius 1 is 1.61 bits per heavy atom. The lowest BCUT2D eigenvalue weighted by Gasteiger charge is -2.15. The minimum atomic E-state index is -0.0990. The van der Waals surface area contributed by atoms with Gasteiger partial charge in [0.1, 0.15) is 4.47 Å². The molecule has 1 heterocycles. The largest absolute Gasteiger partial charge is 0.383 e. The van der Waals surface area contributed by atoms with Gasteiger partial charge in [0.05, 0.1) is 18.5 Å². The van der Waals surface area contributed by atoms with Crippen LogP contribution in [0.15, 0.2) is 15.5 Å². The van der Waals surface area contributed by atoms with Gasteiger partial charge >= 0.3 is 0 Å². The number of anilines is 1. The van der Waals surface area contributed by atoms with Crippen LogP contribution in [-0.4, -0.2) is 29.5 Å². The Hall–Kier alpha value is -0.880. The van der Waals surface area contributed by atoms with Crippen molar-refractivity contribution in [2.75, 3.05) is 19.0 Å². The van der Waals surface area contributed by atoms with Crippen LogP contribution in [0.4, 0.5) is 5.69 Å². The second kappa shape index (κ2) is 7.53. The first kappa shape index (κ1) is 15.2. The number of methoxy groups -OCH3 is 1. The smallest absolute Gasteiger partial charge is 0.283 e. The highest BCUT2D eigenvalue weighted by Gasteiger charge is 2.10. The van der Waals surface area contributed by atoms with Crippen LogP contribution in [0.25, 0.3) is 0 Å². The first-order valence-electron chi connectivity index (χ1n) is 6.11. The fraction of sp³-hybridized carbons (Fsp3) is 0.667. The van der Waals surface area contributed by atoms with Crippen molar-refractivity contribution in [3.8, 4) is 0 Å². The number of halogens is 1. The highest BCUT2D eigenvalue weighted by atomic mass is 79.9. The number of unbranched alkanes of at least 4 members (excludes halogenated alkanes) is 1. The average molecular weight is 318 g/mol. The van der Waals surface area contributed by atoms with Crippen LogP contribution in [0, 0.1) is 0 Å². The summed E-state index contributed by atoms with van der Waals surface area (Å²) in [7, 11) is 1.65. The van der Waals surface area contributed by atoms with E-state index in [1.807, 2.05) is 6.92 Å². The third-order valence-electron chi connectivity index (χ3n) is 2.53. The van der Waals surface area contributed by atoms with Crippen LogP contribution in [0.1, 0.15) is 26.7 Å². The number of nitrogens with zero attached hydrogens (tertiary/aromatic N) is 2. The lowest BCUT2D eigenvalue weighted by atomic mass is 10.3. The molecule has 1 rings (SSSR count). The molecular weight excluding hydrogens is 298 g/mol. The second-order valence-electron chi connectivity index (χ2n) is 4.25. The monoisotopic (exact) mass is 317 g/mol. The van der Waals surface area contributed by atoms with Crippen LogP contribution >= 0.6 is 15.9 Å². The molecule has 0 saturated carbocycles. The van der Waals surface area contributed by atoms with E-state index in [1.54, 1.807) is 13.3 Å². The zero-order valence-electron chi connectivity index (χ0n) is 11.1. The molecule has 0 bridgehead atoms. The van der Waals surface area contributed by atoms with Gasteiger partial charge in [-0.1, -0.05) is 13.3 Å². The Labute approximate surface area is 116 Å². The molecule has 0 saturated heterocycles. The van der Waals surface area contributed by atoms with E-state index in [0.29, 0.717) is 23.3 Å². The molecule has 1 atom stereocenters. The zero-order chi connectivity index (χ0) is 13.5. The maximum absolute atomic E-state index is 12.0. The zero-order valence-corrected chi connectivity index (χ0v) is 12.7. The summed E-state index contributed by atoms with van der Waals surface area (Å²) in [5.41, 5.74) is 0.607. The standard InChI is InChI=1S/C12H20BrN3O2/c1-4-5-6-16-12(17)11(13)10(7-14-16)15-9(2)8-18-3/h7,9,15H,4-6,8H2,1-3H3. The summed E-state index contributed by atoms with van der Waals surface area (Å²) in [6, 6.07) is 0.124. The van der Waals surface area contributed by atoms with Crippen molar-refractivity contribution in [1.82, 2.24) is 9.78 Å². The molecule has 1 N–H and O–H groups in total. The molecule has 6 heteroatoms. The minimum absolute atomic E-state index is 0.0990. The van der Waals surface area contributed by atoms with Crippen molar-refractivity contribution in [2.24, 2.45) is 0 Å². The number of rotatable bonds is 7. The molecule has 0 amide bonds. The maximum Gasteiger partial charge on any atom is 0.283 e. The molecular formula is C12H20BrN3O2. The SMILES string of the molecule is CCCCn1ncc(NC(C)COC)c(Br)c1=O. The first-order valence-corrected chi connectivity index (χ1v) is 6.90. The molecule has 1 aromatic heterocycles. The van der Waals surface area contributed by atoms with E-state index in [1.165, 1.54) is 4.68 Å². The minimum Gasteiger partial charge on any atom is -0.383 e. The number of aromatic nitrogens is 2. The van der Waals surface area contributed by atoms with Crippen LogP contribution < -0.4 is 10.9 Å². The van der Waals surface area contributed by atoms with E-state index < -0.39 is 0 Å². The van der Waals surface area contributed by atoms with Gasteiger partial charge in [0, 0.05) is 19.7 Å².